The molecule has 1 aromatic rings. The van der Waals surface area contributed by atoms with Crippen LogP contribution in [0.4, 0.5) is 0 Å². The topological polar surface area (TPSA) is 32.7 Å². The Balaban J connectivity index is 1.76. The highest BCUT2D eigenvalue weighted by Gasteiger charge is 2.25. The van der Waals surface area contributed by atoms with Crippen molar-refractivity contribution in [2.24, 2.45) is 0 Å². The summed E-state index contributed by atoms with van der Waals surface area (Å²) >= 11 is 6.01. The second-order valence-corrected chi connectivity index (χ2v) is 5.66. The molecule has 0 radical (unpaired) electrons. The third-order valence-corrected chi connectivity index (χ3v) is 4.10. The van der Waals surface area contributed by atoms with Gasteiger partial charge in [0.05, 0.1) is 6.61 Å². The van der Waals surface area contributed by atoms with Gasteiger partial charge in [-0.05, 0) is 49.2 Å². The summed E-state index contributed by atoms with van der Waals surface area (Å²) in [5.74, 6) is 0.897. The van der Waals surface area contributed by atoms with Gasteiger partial charge in [-0.2, -0.15) is 0 Å². The van der Waals surface area contributed by atoms with Crippen molar-refractivity contribution in [1.82, 2.24) is 4.90 Å². The monoisotopic (exact) mass is 279 g/mol. The Morgan fingerprint density at radius 2 is 2.32 bits per heavy atom. The molecule has 0 unspecified atom stereocenters. The Bertz CT molecular complexity index is 501. The number of aliphatic hydroxyl groups is 1. The van der Waals surface area contributed by atoms with E-state index in [1.807, 2.05) is 18.2 Å². The van der Waals surface area contributed by atoms with Gasteiger partial charge in [-0.1, -0.05) is 11.6 Å². The molecule has 1 saturated heterocycles. The van der Waals surface area contributed by atoms with E-state index in [1.165, 1.54) is 12.0 Å². The van der Waals surface area contributed by atoms with E-state index in [1.54, 1.807) is 0 Å². The Morgan fingerprint density at radius 1 is 1.42 bits per heavy atom. The van der Waals surface area contributed by atoms with Gasteiger partial charge in [0.15, 0.2) is 0 Å². The van der Waals surface area contributed by atoms with Crippen LogP contribution in [0.15, 0.2) is 23.8 Å². The van der Waals surface area contributed by atoms with Crippen LogP contribution < -0.4 is 4.74 Å². The first-order chi connectivity index (χ1) is 9.26. The molecule has 0 saturated carbocycles. The van der Waals surface area contributed by atoms with E-state index < -0.39 is 0 Å². The average Bonchev–Trinajstić information content (AvgIpc) is 2.85. The van der Waals surface area contributed by atoms with Crippen LogP contribution in [-0.2, 0) is 0 Å². The highest BCUT2D eigenvalue weighted by molar-refractivity contribution is 6.30. The predicted octanol–water partition coefficient (Wildman–Crippen LogP) is 2.57. The van der Waals surface area contributed by atoms with Crippen molar-refractivity contribution in [3.05, 3.63) is 34.4 Å². The van der Waals surface area contributed by atoms with Crippen molar-refractivity contribution in [2.75, 3.05) is 26.3 Å². The van der Waals surface area contributed by atoms with Gasteiger partial charge in [-0.15, -0.1) is 0 Å². The Morgan fingerprint density at radius 3 is 3.16 bits per heavy atom. The van der Waals surface area contributed by atoms with Crippen LogP contribution in [0.2, 0.25) is 5.02 Å². The highest BCUT2D eigenvalue weighted by Crippen LogP contribution is 2.30. The molecule has 4 heteroatoms. The van der Waals surface area contributed by atoms with Crippen LogP contribution in [0.1, 0.15) is 18.4 Å². The van der Waals surface area contributed by atoms with Gasteiger partial charge in [0.1, 0.15) is 12.4 Å². The molecule has 102 valence electrons. The summed E-state index contributed by atoms with van der Waals surface area (Å²) in [6.45, 7) is 2.81. The molecule has 19 heavy (non-hydrogen) atoms. The van der Waals surface area contributed by atoms with E-state index in [4.69, 9.17) is 16.3 Å². The minimum Gasteiger partial charge on any atom is -0.489 e. The van der Waals surface area contributed by atoms with Crippen LogP contribution in [0.5, 0.6) is 5.75 Å². The smallest absolute Gasteiger partial charge is 0.127 e. The highest BCUT2D eigenvalue weighted by atomic mass is 35.5. The molecule has 2 aliphatic heterocycles. The number of fused-ring (bicyclic) bond motifs is 1. The minimum atomic E-state index is 0.247. The molecule has 2 heterocycles. The standard InChI is InChI=1S/C15H18ClNO2/c16-13-3-4-15-12(7-13)6-11(10-19-15)8-17-5-1-2-14(17)9-18/h3-4,6-7,14,18H,1-2,5,8-10H2/t14-/m1/s1. The van der Waals surface area contributed by atoms with Crippen LogP contribution in [0.25, 0.3) is 6.08 Å². The summed E-state index contributed by atoms with van der Waals surface area (Å²) in [6, 6.07) is 6.00. The van der Waals surface area contributed by atoms with Gasteiger partial charge in [-0.3, -0.25) is 4.90 Å². The van der Waals surface area contributed by atoms with E-state index in [2.05, 4.69) is 11.0 Å². The Kier molecular flexibility index (Phi) is 3.78. The molecule has 3 nitrogen and oxygen atoms in total. The maximum Gasteiger partial charge on any atom is 0.127 e. The van der Waals surface area contributed by atoms with Gasteiger partial charge in [0.25, 0.3) is 0 Å². The van der Waals surface area contributed by atoms with E-state index >= 15 is 0 Å². The minimum absolute atomic E-state index is 0.247. The van der Waals surface area contributed by atoms with Crippen molar-refractivity contribution in [2.45, 2.75) is 18.9 Å². The van der Waals surface area contributed by atoms with Gasteiger partial charge in [0, 0.05) is 23.2 Å². The number of rotatable bonds is 3. The lowest BCUT2D eigenvalue weighted by atomic mass is 10.1. The lowest BCUT2D eigenvalue weighted by Crippen LogP contribution is -2.35. The zero-order chi connectivity index (χ0) is 13.2. The molecule has 1 aromatic carbocycles. The number of likely N-dealkylation sites (tertiary alicyclic amines) is 1. The fraction of sp³-hybridized carbons (Fsp3) is 0.467. The summed E-state index contributed by atoms with van der Waals surface area (Å²) in [5, 5.41) is 10.1. The second-order valence-electron chi connectivity index (χ2n) is 5.22. The molecule has 0 bridgehead atoms. The zero-order valence-corrected chi connectivity index (χ0v) is 11.6. The van der Waals surface area contributed by atoms with Gasteiger partial charge in [0.2, 0.25) is 0 Å². The van der Waals surface area contributed by atoms with Gasteiger partial charge >= 0.3 is 0 Å². The third-order valence-electron chi connectivity index (χ3n) is 3.86. The van der Waals surface area contributed by atoms with Crippen LogP contribution in [0.3, 0.4) is 0 Å². The molecule has 0 amide bonds. The fourth-order valence-electron chi connectivity index (χ4n) is 2.86. The molecule has 1 fully saturated rings. The quantitative estimate of drug-likeness (QED) is 0.923. The molecule has 2 aliphatic rings. The largest absolute Gasteiger partial charge is 0.489 e. The lowest BCUT2D eigenvalue weighted by molar-refractivity contribution is 0.164. The number of halogens is 1. The molecule has 3 rings (SSSR count). The normalized spacial score (nSPS) is 22.8. The molecule has 0 aromatic heterocycles. The maximum absolute atomic E-state index is 9.35. The molecule has 0 aliphatic carbocycles. The molecule has 1 N–H and O–H groups in total. The van der Waals surface area contributed by atoms with Crippen molar-refractivity contribution in [3.63, 3.8) is 0 Å². The van der Waals surface area contributed by atoms with Crippen LogP contribution in [-0.4, -0.2) is 42.4 Å². The molecular weight excluding hydrogens is 262 g/mol. The Hall–Kier alpha value is -1.03. The van der Waals surface area contributed by atoms with Crippen molar-refractivity contribution in [1.29, 1.82) is 0 Å². The van der Waals surface area contributed by atoms with Crippen molar-refractivity contribution in [3.8, 4) is 5.75 Å². The predicted molar refractivity (Wildman–Crippen MR) is 76.6 cm³/mol. The van der Waals surface area contributed by atoms with E-state index in [0.29, 0.717) is 12.6 Å². The number of hydrogen-bond donors (Lipinski definition) is 1. The first-order valence-corrected chi connectivity index (χ1v) is 7.11. The lowest BCUT2D eigenvalue weighted by Gasteiger charge is -2.26. The summed E-state index contributed by atoms with van der Waals surface area (Å²) in [4.78, 5) is 2.34. The average molecular weight is 280 g/mol. The van der Waals surface area contributed by atoms with E-state index in [9.17, 15) is 5.11 Å². The number of nitrogens with zero attached hydrogens (tertiary/aromatic N) is 1. The number of benzene rings is 1. The number of aliphatic hydroxyl groups excluding tert-OH is 1. The maximum atomic E-state index is 9.35. The van der Waals surface area contributed by atoms with E-state index in [0.717, 1.165) is 35.8 Å². The summed E-state index contributed by atoms with van der Waals surface area (Å²) in [6.07, 6.45) is 4.42. The van der Waals surface area contributed by atoms with Gasteiger partial charge < -0.3 is 9.84 Å². The molecule has 1 atom stereocenters. The summed E-state index contributed by atoms with van der Waals surface area (Å²) in [5.41, 5.74) is 2.30. The van der Waals surface area contributed by atoms with Crippen LogP contribution >= 0.6 is 11.6 Å². The first-order valence-electron chi connectivity index (χ1n) is 6.73. The fourth-order valence-corrected chi connectivity index (χ4v) is 3.04. The summed E-state index contributed by atoms with van der Waals surface area (Å²) in [7, 11) is 0. The van der Waals surface area contributed by atoms with Crippen molar-refractivity contribution >= 4 is 17.7 Å². The SMILES string of the molecule is OC[C@H]1CCCN1CC1=Cc2cc(Cl)ccc2OC1. The molecular formula is C15H18ClNO2. The second kappa shape index (κ2) is 5.53. The number of hydrogen-bond acceptors (Lipinski definition) is 3. The molecule has 0 spiro atoms. The summed E-state index contributed by atoms with van der Waals surface area (Å²) < 4.78 is 5.75. The first kappa shape index (κ1) is 13.0. The third kappa shape index (κ3) is 2.78. The zero-order valence-electron chi connectivity index (χ0n) is 10.8. The van der Waals surface area contributed by atoms with Crippen LogP contribution in [0, 0.1) is 0 Å². The van der Waals surface area contributed by atoms with Crippen molar-refractivity contribution < 1.29 is 9.84 Å². The van der Waals surface area contributed by atoms with E-state index in [-0.39, 0.29) is 6.61 Å². The Labute approximate surface area is 118 Å². The van der Waals surface area contributed by atoms with Gasteiger partial charge in [-0.25, -0.2) is 0 Å². The number of ether oxygens (including phenoxy) is 1.